The molecule has 0 aliphatic carbocycles. The quantitative estimate of drug-likeness (QED) is 0.164. The topological polar surface area (TPSA) is 32.3 Å². The molecule has 33 heavy (non-hydrogen) atoms. The highest BCUT2D eigenvalue weighted by molar-refractivity contribution is 5.32. The number of aryl methyl sites for hydroxylation is 1. The first-order valence-electron chi connectivity index (χ1n) is 14.3. The van der Waals surface area contributed by atoms with Crippen molar-refractivity contribution in [1.29, 1.82) is 0 Å². The summed E-state index contributed by atoms with van der Waals surface area (Å²) in [5.74, 6) is 0.967. The lowest BCUT2D eigenvalue weighted by Crippen LogP contribution is -2.28. The van der Waals surface area contributed by atoms with Gasteiger partial charge in [-0.15, -0.1) is 0 Å². The predicted molar refractivity (Wildman–Crippen MR) is 146 cm³/mol. The van der Waals surface area contributed by atoms with Crippen LogP contribution in [0.2, 0.25) is 0 Å². The number of nitrogens with zero attached hydrogens (tertiary/aromatic N) is 4. The fraction of sp³-hybridized carbons (Fsp3) is 0.862. The van der Waals surface area contributed by atoms with Crippen LogP contribution >= 0.6 is 0 Å². The van der Waals surface area contributed by atoms with Crippen LogP contribution in [0.5, 0.6) is 0 Å². The molecule has 0 aliphatic rings. The molecule has 4 heteroatoms. The minimum Gasteiger partial charge on any atom is -0.341 e. The Kier molecular flexibility index (Phi) is 18.3. The lowest BCUT2D eigenvalue weighted by molar-refractivity contribution is 0.411. The molecule has 0 bridgehead atoms. The summed E-state index contributed by atoms with van der Waals surface area (Å²) in [5.41, 5.74) is 2.29. The van der Waals surface area contributed by atoms with Crippen LogP contribution in [0.1, 0.15) is 128 Å². The van der Waals surface area contributed by atoms with Gasteiger partial charge >= 0.3 is 0 Å². The Balaban J connectivity index is 2.54. The Bertz CT molecular complexity index is 553. The molecule has 0 aliphatic heterocycles. The standard InChI is InChI=1S/C29H56N4/c1-6-8-10-12-14-16-18-20-23-33(24-21-19-17-15-13-11-9-7-2)29-30-27(3)26-28(31-29)22-25-32(4)5/h26H,6-25H2,1-5H3. The van der Waals surface area contributed by atoms with Crippen molar-refractivity contribution >= 4 is 5.95 Å². The molecule has 0 saturated heterocycles. The molecule has 0 amide bonds. The van der Waals surface area contributed by atoms with E-state index in [1.54, 1.807) is 0 Å². The molecule has 192 valence electrons. The Morgan fingerprint density at radius 3 is 1.52 bits per heavy atom. The van der Waals surface area contributed by atoms with Crippen molar-refractivity contribution in [3.05, 3.63) is 17.5 Å². The zero-order valence-electron chi connectivity index (χ0n) is 23.0. The van der Waals surface area contributed by atoms with Gasteiger partial charge in [-0.3, -0.25) is 0 Å². The molecule has 0 unspecified atom stereocenters. The van der Waals surface area contributed by atoms with E-state index in [2.05, 4.69) is 50.7 Å². The zero-order valence-corrected chi connectivity index (χ0v) is 23.0. The lowest BCUT2D eigenvalue weighted by atomic mass is 10.1. The highest BCUT2D eigenvalue weighted by atomic mass is 15.2. The molecule has 1 rings (SSSR count). The van der Waals surface area contributed by atoms with E-state index in [0.717, 1.165) is 37.7 Å². The van der Waals surface area contributed by atoms with Crippen LogP contribution in [0, 0.1) is 6.92 Å². The van der Waals surface area contributed by atoms with E-state index in [1.807, 2.05) is 0 Å². The summed E-state index contributed by atoms with van der Waals surface area (Å²) in [6.45, 7) is 9.94. The summed E-state index contributed by atoms with van der Waals surface area (Å²) in [6.07, 6.45) is 22.8. The molecule has 0 atom stereocenters. The van der Waals surface area contributed by atoms with E-state index in [4.69, 9.17) is 9.97 Å². The lowest BCUT2D eigenvalue weighted by Gasteiger charge is -2.24. The molecule has 0 radical (unpaired) electrons. The van der Waals surface area contributed by atoms with Gasteiger partial charge in [0.15, 0.2) is 0 Å². The molecule has 4 nitrogen and oxygen atoms in total. The van der Waals surface area contributed by atoms with E-state index in [9.17, 15) is 0 Å². The average molecular weight is 461 g/mol. The second-order valence-electron chi connectivity index (χ2n) is 10.3. The Hall–Kier alpha value is -1.16. The average Bonchev–Trinajstić information content (AvgIpc) is 2.79. The maximum Gasteiger partial charge on any atom is 0.225 e. The number of unbranched alkanes of at least 4 members (excludes halogenated alkanes) is 14. The van der Waals surface area contributed by atoms with Gasteiger partial charge in [0.25, 0.3) is 0 Å². The van der Waals surface area contributed by atoms with Crippen LogP contribution < -0.4 is 4.90 Å². The summed E-state index contributed by atoms with van der Waals surface area (Å²) in [4.78, 5) is 14.6. The van der Waals surface area contributed by atoms with Gasteiger partial charge in [0.2, 0.25) is 5.95 Å². The maximum absolute atomic E-state index is 4.99. The fourth-order valence-electron chi connectivity index (χ4n) is 4.41. The molecule has 0 saturated carbocycles. The molecule has 0 fully saturated rings. The predicted octanol–water partition coefficient (Wildman–Crippen LogP) is 7.98. The normalized spacial score (nSPS) is 11.5. The van der Waals surface area contributed by atoms with E-state index in [0.29, 0.717) is 0 Å². The molecular weight excluding hydrogens is 404 g/mol. The summed E-state index contributed by atoms with van der Waals surface area (Å²) < 4.78 is 0. The van der Waals surface area contributed by atoms with Gasteiger partial charge in [-0.1, -0.05) is 104 Å². The van der Waals surface area contributed by atoms with E-state index < -0.39 is 0 Å². The Morgan fingerprint density at radius 2 is 1.06 bits per heavy atom. The van der Waals surface area contributed by atoms with Gasteiger partial charge in [0.1, 0.15) is 0 Å². The number of likely N-dealkylation sites (N-methyl/N-ethyl adjacent to an activating group) is 1. The van der Waals surface area contributed by atoms with Gasteiger partial charge in [0, 0.05) is 37.4 Å². The summed E-state index contributed by atoms with van der Waals surface area (Å²) in [5, 5.41) is 0. The van der Waals surface area contributed by atoms with Gasteiger partial charge < -0.3 is 9.80 Å². The van der Waals surface area contributed by atoms with Crippen molar-refractivity contribution in [3.63, 3.8) is 0 Å². The summed E-state index contributed by atoms with van der Waals surface area (Å²) >= 11 is 0. The third kappa shape index (κ3) is 16.2. The Morgan fingerprint density at radius 1 is 0.606 bits per heavy atom. The van der Waals surface area contributed by atoms with Crippen LogP contribution in [0.4, 0.5) is 5.95 Å². The molecule has 1 heterocycles. The first-order valence-corrected chi connectivity index (χ1v) is 14.3. The molecule has 1 aromatic heterocycles. The molecule has 0 N–H and O–H groups in total. The molecular formula is C29H56N4. The van der Waals surface area contributed by atoms with Gasteiger partial charge in [-0.25, -0.2) is 9.97 Å². The molecule has 1 aromatic rings. The number of aromatic nitrogens is 2. The van der Waals surface area contributed by atoms with Crippen LogP contribution in [0.25, 0.3) is 0 Å². The van der Waals surface area contributed by atoms with Crippen molar-refractivity contribution in [2.45, 2.75) is 130 Å². The smallest absolute Gasteiger partial charge is 0.225 e. The van der Waals surface area contributed by atoms with E-state index in [-0.39, 0.29) is 0 Å². The summed E-state index contributed by atoms with van der Waals surface area (Å²) in [7, 11) is 4.26. The van der Waals surface area contributed by atoms with E-state index in [1.165, 1.54) is 108 Å². The van der Waals surface area contributed by atoms with Crippen molar-refractivity contribution < 1.29 is 0 Å². The van der Waals surface area contributed by atoms with Crippen LogP contribution in [-0.4, -0.2) is 48.6 Å². The van der Waals surface area contributed by atoms with Crippen LogP contribution in [-0.2, 0) is 6.42 Å². The second kappa shape index (κ2) is 20.2. The molecule has 0 spiro atoms. The zero-order chi connectivity index (χ0) is 24.2. The van der Waals surface area contributed by atoms with Crippen molar-refractivity contribution in [2.24, 2.45) is 0 Å². The minimum absolute atomic E-state index is 0.967. The number of anilines is 1. The monoisotopic (exact) mass is 460 g/mol. The summed E-state index contributed by atoms with van der Waals surface area (Å²) in [6, 6.07) is 2.16. The SMILES string of the molecule is CCCCCCCCCCN(CCCCCCCCCC)c1nc(C)cc(CCN(C)C)n1. The largest absolute Gasteiger partial charge is 0.341 e. The van der Waals surface area contributed by atoms with Crippen molar-refractivity contribution in [2.75, 3.05) is 38.6 Å². The number of hydrogen-bond acceptors (Lipinski definition) is 4. The van der Waals surface area contributed by atoms with Gasteiger partial charge in [0.05, 0.1) is 0 Å². The first-order chi connectivity index (χ1) is 16.1. The maximum atomic E-state index is 4.99. The highest BCUT2D eigenvalue weighted by Crippen LogP contribution is 2.16. The number of hydrogen-bond donors (Lipinski definition) is 0. The van der Waals surface area contributed by atoms with Crippen LogP contribution in [0.3, 0.4) is 0 Å². The van der Waals surface area contributed by atoms with Crippen molar-refractivity contribution in [3.8, 4) is 0 Å². The van der Waals surface area contributed by atoms with Gasteiger partial charge in [-0.05, 0) is 39.9 Å². The number of rotatable bonds is 22. The Labute approximate surface area is 207 Å². The third-order valence-electron chi connectivity index (χ3n) is 6.56. The highest BCUT2D eigenvalue weighted by Gasteiger charge is 2.12. The first kappa shape index (κ1) is 29.9. The molecule has 0 aromatic carbocycles. The van der Waals surface area contributed by atoms with E-state index >= 15 is 0 Å². The van der Waals surface area contributed by atoms with Crippen molar-refractivity contribution in [1.82, 2.24) is 14.9 Å². The van der Waals surface area contributed by atoms with Crippen LogP contribution in [0.15, 0.2) is 6.07 Å². The third-order valence-corrected chi connectivity index (χ3v) is 6.56. The second-order valence-corrected chi connectivity index (χ2v) is 10.3. The fourth-order valence-corrected chi connectivity index (χ4v) is 4.41. The minimum atomic E-state index is 0.967. The van der Waals surface area contributed by atoms with Gasteiger partial charge in [-0.2, -0.15) is 0 Å².